The molecule has 4 aromatic carbocycles. The predicted octanol–water partition coefficient (Wildman–Crippen LogP) is 4.76. The number of amides is 2. The van der Waals surface area contributed by atoms with Crippen molar-refractivity contribution < 1.29 is 28.6 Å². The second-order valence-electron chi connectivity index (χ2n) is 9.44. The zero-order valence-electron chi connectivity index (χ0n) is 23.2. The van der Waals surface area contributed by atoms with E-state index in [-0.39, 0.29) is 37.2 Å². The molecule has 220 valence electrons. The molecule has 1 unspecified atom stereocenters. The lowest BCUT2D eigenvalue weighted by Gasteiger charge is -2.36. The average Bonchev–Trinajstić information content (AvgIpc) is 2.99. The van der Waals surface area contributed by atoms with Gasteiger partial charge in [0.25, 0.3) is 6.35 Å². The molecule has 1 atom stereocenters. The molecule has 12 heteroatoms. The van der Waals surface area contributed by atoms with Gasteiger partial charge in [-0.15, -0.1) is 0 Å². The van der Waals surface area contributed by atoms with Gasteiger partial charge in [-0.2, -0.15) is 4.99 Å². The van der Waals surface area contributed by atoms with E-state index in [2.05, 4.69) is 25.9 Å². The number of urea groups is 1. The molecule has 5 rings (SSSR count). The summed E-state index contributed by atoms with van der Waals surface area (Å²) in [5.41, 5.74) is 1.16. The fourth-order valence-electron chi connectivity index (χ4n) is 4.35. The van der Waals surface area contributed by atoms with E-state index in [1.54, 1.807) is 47.4 Å². The highest BCUT2D eigenvalue weighted by molar-refractivity contribution is 6.09. The Morgan fingerprint density at radius 3 is 2.51 bits per heavy atom. The first kappa shape index (κ1) is 28.9. The number of hydrogen-bond acceptors (Lipinski definition) is 6. The number of halogens is 1. The molecule has 0 aliphatic carbocycles. The summed E-state index contributed by atoms with van der Waals surface area (Å²) < 4.78 is 25.3. The van der Waals surface area contributed by atoms with Gasteiger partial charge < -0.3 is 19.9 Å². The third-order valence-corrected chi connectivity index (χ3v) is 6.41. The lowest BCUT2D eigenvalue weighted by Crippen LogP contribution is -2.59. The highest BCUT2D eigenvalue weighted by Gasteiger charge is 2.31. The summed E-state index contributed by atoms with van der Waals surface area (Å²) >= 11 is 0. The monoisotopic (exact) mass is 584 g/mol. The number of benzene rings is 4. The van der Waals surface area contributed by atoms with Crippen LogP contribution in [0.25, 0.3) is 10.8 Å². The van der Waals surface area contributed by atoms with Crippen LogP contribution in [0.5, 0.6) is 11.5 Å². The van der Waals surface area contributed by atoms with Crippen LogP contribution in [0.2, 0.25) is 0 Å². The van der Waals surface area contributed by atoms with E-state index >= 15 is 0 Å². The fraction of sp³-hybridized carbons (Fsp3) is 0.161. The summed E-state index contributed by atoms with van der Waals surface area (Å²) in [7, 11) is 1.50. The second-order valence-corrected chi connectivity index (χ2v) is 9.44. The number of ether oxygens (including phenoxy) is 2. The first-order valence-corrected chi connectivity index (χ1v) is 13.4. The molecule has 2 amide bonds. The number of nitrogens with zero attached hydrogens (tertiary/aromatic N) is 3. The fourth-order valence-corrected chi connectivity index (χ4v) is 4.35. The molecule has 4 aromatic rings. The van der Waals surface area contributed by atoms with Crippen molar-refractivity contribution in [2.75, 3.05) is 19.0 Å². The summed E-state index contributed by atoms with van der Waals surface area (Å²) in [6.45, 7) is 0.128. The molecular formula is C31H29FN6O5. The molecule has 1 heterocycles. The Kier molecular flexibility index (Phi) is 8.96. The molecule has 0 fully saturated rings. The number of anilines is 1. The van der Waals surface area contributed by atoms with Crippen LogP contribution < -0.4 is 25.4 Å². The van der Waals surface area contributed by atoms with E-state index in [9.17, 15) is 19.1 Å². The van der Waals surface area contributed by atoms with Crippen LogP contribution in [0.3, 0.4) is 0 Å². The van der Waals surface area contributed by atoms with Gasteiger partial charge in [0.05, 0.1) is 32.3 Å². The summed E-state index contributed by atoms with van der Waals surface area (Å²) in [6.07, 6.45) is -1.27. The van der Waals surface area contributed by atoms with Gasteiger partial charge in [-0.25, -0.2) is 9.18 Å². The van der Waals surface area contributed by atoms with Crippen LogP contribution >= 0.6 is 0 Å². The lowest BCUT2D eigenvalue weighted by atomic mass is 10.1. The molecule has 43 heavy (non-hydrogen) atoms. The Morgan fingerprint density at radius 2 is 1.74 bits per heavy atom. The number of rotatable bonds is 9. The quantitative estimate of drug-likeness (QED) is 0.223. The van der Waals surface area contributed by atoms with Crippen LogP contribution in [0, 0.1) is 5.82 Å². The number of carbonyl (C=O) groups is 2. The number of fused-ring (bicyclic) bond motifs is 1. The standard InChI is InChI=1S/C31H29FN6O5/c1-42-26-9-5-4-8-25(26)34-30(41)36-28-35-29(33-17-16-27(39)40)38(19-20-10-13-23(32)14-11-20)31(37-28)43-24-15-12-21-6-2-3-7-22(21)18-24/h2-15,18,31H,16-17,19H2,1H3,(H,39,40)(H3,33,34,35,36,37,41). The van der Waals surface area contributed by atoms with Crippen molar-refractivity contribution in [3.63, 3.8) is 0 Å². The normalized spacial score (nSPS) is 15.4. The number of hydrogen-bond donors (Lipinski definition) is 4. The Morgan fingerprint density at radius 1 is 1.00 bits per heavy atom. The maximum absolute atomic E-state index is 13.6. The number of para-hydroxylation sites is 2. The smallest absolute Gasteiger partial charge is 0.326 e. The first-order valence-electron chi connectivity index (χ1n) is 13.4. The number of carboxylic acid groups (broad SMARTS) is 1. The highest BCUT2D eigenvalue weighted by Crippen LogP contribution is 2.25. The zero-order chi connectivity index (χ0) is 30.2. The van der Waals surface area contributed by atoms with Crippen molar-refractivity contribution in [3.8, 4) is 11.5 Å². The van der Waals surface area contributed by atoms with Crippen molar-refractivity contribution >= 4 is 40.4 Å². The van der Waals surface area contributed by atoms with Gasteiger partial charge in [-0.1, -0.05) is 54.6 Å². The van der Waals surface area contributed by atoms with Gasteiger partial charge >= 0.3 is 12.0 Å². The van der Waals surface area contributed by atoms with Gasteiger partial charge in [0.1, 0.15) is 17.3 Å². The predicted molar refractivity (Wildman–Crippen MR) is 161 cm³/mol. The minimum Gasteiger partial charge on any atom is -0.495 e. The number of carbonyl (C=O) groups excluding carboxylic acids is 1. The zero-order valence-corrected chi connectivity index (χ0v) is 23.2. The number of guanidine groups is 2. The van der Waals surface area contributed by atoms with Crippen molar-refractivity contribution in [2.45, 2.75) is 19.3 Å². The van der Waals surface area contributed by atoms with Gasteiger partial charge in [0, 0.05) is 0 Å². The molecule has 0 saturated carbocycles. The maximum atomic E-state index is 13.6. The van der Waals surface area contributed by atoms with Crippen molar-refractivity contribution in [3.05, 3.63) is 102 Å². The van der Waals surface area contributed by atoms with E-state index < -0.39 is 18.4 Å². The molecule has 11 nitrogen and oxygen atoms in total. The van der Waals surface area contributed by atoms with E-state index in [0.717, 1.165) is 16.3 Å². The number of methoxy groups -OCH3 is 1. The molecule has 4 N–H and O–H groups in total. The number of aliphatic imine (C=N–C) groups is 2. The molecule has 0 spiro atoms. The molecule has 1 aliphatic rings. The SMILES string of the molecule is COc1ccccc1NC(=O)NC1=NC(Oc2ccc3ccccc3c2)N(Cc2ccc(F)cc2)C(=NCCC(=O)O)N1. The topological polar surface area (TPSA) is 137 Å². The van der Waals surface area contributed by atoms with Crippen molar-refractivity contribution in [2.24, 2.45) is 9.98 Å². The Labute approximate surface area is 246 Å². The van der Waals surface area contributed by atoms with E-state index in [4.69, 9.17) is 9.47 Å². The van der Waals surface area contributed by atoms with Crippen LogP contribution in [-0.4, -0.2) is 53.9 Å². The highest BCUT2D eigenvalue weighted by atomic mass is 19.1. The first-order chi connectivity index (χ1) is 20.9. The number of aliphatic carboxylic acids is 1. The molecular weight excluding hydrogens is 555 g/mol. The molecule has 0 bridgehead atoms. The van der Waals surface area contributed by atoms with E-state index in [1.807, 2.05) is 36.4 Å². The van der Waals surface area contributed by atoms with Crippen LogP contribution in [0.15, 0.2) is 101 Å². The van der Waals surface area contributed by atoms with Crippen molar-refractivity contribution in [1.82, 2.24) is 15.5 Å². The molecule has 1 aliphatic heterocycles. The third kappa shape index (κ3) is 7.55. The summed E-state index contributed by atoms with van der Waals surface area (Å²) in [5, 5.41) is 19.5. The Bertz CT molecular complexity index is 1680. The average molecular weight is 585 g/mol. The summed E-state index contributed by atoms with van der Waals surface area (Å²) in [5.74, 6) is -0.208. The van der Waals surface area contributed by atoms with Gasteiger partial charge in [0.2, 0.25) is 11.9 Å². The van der Waals surface area contributed by atoms with Gasteiger partial charge in [0.15, 0.2) is 0 Å². The molecule has 0 aromatic heterocycles. The minimum absolute atomic E-state index is 0.0163. The number of nitrogens with one attached hydrogen (secondary N) is 3. The maximum Gasteiger partial charge on any atom is 0.326 e. The molecule has 0 saturated heterocycles. The Balaban J connectivity index is 1.47. The largest absolute Gasteiger partial charge is 0.495 e. The Hall–Kier alpha value is -5.65. The van der Waals surface area contributed by atoms with Crippen LogP contribution in [0.4, 0.5) is 14.9 Å². The third-order valence-electron chi connectivity index (χ3n) is 6.41. The minimum atomic E-state index is -1.04. The van der Waals surface area contributed by atoms with Gasteiger partial charge in [-0.05, 0) is 52.7 Å². The lowest BCUT2D eigenvalue weighted by molar-refractivity contribution is -0.136. The van der Waals surface area contributed by atoms with E-state index in [1.165, 1.54) is 19.2 Å². The van der Waals surface area contributed by atoms with Crippen molar-refractivity contribution in [1.29, 1.82) is 0 Å². The van der Waals surface area contributed by atoms with Gasteiger partial charge in [-0.3, -0.25) is 25.3 Å². The number of carboxylic acids is 1. The summed E-state index contributed by atoms with van der Waals surface area (Å²) in [4.78, 5) is 34.9. The van der Waals surface area contributed by atoms with E-state index in [0.29, 0.717) is 17.2 Å². The second kappa shape index (κ2) is 13.3. The van der Waals surface area contributed by atoms with Crippen LogP contribution in [0.1, 0.15) is 12.0 Å². The van der Waals surface area contributed by atoms with Crippen LogP contribution in [-0.2, 0) is 11.3 Å². The summed E-state index contributed by atoms with van der Waals surface area (Å²) in [6, 6.07) is 25.6. The molecule has 0 radical (unpaired) electrons.